The van der Waals surface area contributed by atoms with Crippen LogP contribution in [0.1, 0.15) is 16.3 Å². The summed E-state index contributed by atoms with van der Waals surface area (Å²) in [6, 6.07) is 2.86. The van der Waals surface area contributed by atoms with E-state index in [2.05, 4.69) is 4.98 Å². The zero-order valence-electron chi connectivity index (χ0n) is 11.7. The molecule has 0 spiro atoms. The van der Waals surface area contributed by atoms with Crippen molar-refractivity contribution in [3.8, 4) is 11.5 Å². The standard InChI is InChI=1S/C13H15N3O4S/c1-8-7-21-13(15-8)6-20-12-4-10(16(17)18)9(5-14)3-11(12)19-2/h3-4,7H,5-6,14H2,1-2H3. The van der Waals surface area contributed by atoms with E-state index in [4.69, 9.17) is 15.2 Å². The van der Waals surface area contributed by atoms with Crippen LogP contribution in [-0.4, -0.2) is 17.0 Å². The van der Waals surface area contributed by atoms with E-state index in [1.54, 1.807) is 0 Å². The number of benzene rings is 1. The van der Waals surface area contributed by atoms with Crippen molar-refractivity contribution in [3.63, 3.8) is 0 Å². The zero-order valence-corrected chi connectivity index (χ0v) is 12.5. The first-order valence-electron chi connectivity index (χ1n) is 6.14. The third-order valence-electron chi connectivity index (χ3n) is 2.80. The van der Waals surface area contributed by atoms with Crippen molar-refractivity contribution >= 4 is 17.0 Å². The fourth-order valence-electron chi connectivity index (χ4n) is 1.81. The lowest BCUT2D eigenvalue weighted by Gasteiger charge is -2.11. The van der Waals surface area contributed by atoms with Gasteiger partial charge in [-0.3, -0.25) is 10.1 Å². The second kappa shape index (κ2) is 6.51. The third kappa shape index (κ3) is 3.47. The molecule has 0 amide bonds. The van der Waals surface area contributed by atoms with Gasteiger partial charge in [-0.2, -0.15) is 0 Å². The quantitative estimate of drug-likeness (QED) is 0.649. The van der Waals surface area contributed by atoms with Crippen molar-refractivity contribution in [2.45, 2.75) is 20.1 Å². The lowest BCUT2D eigenvalue weighted by atomic mass is 10.1. The number of aryl methyl sites for hydroxylation is 1. The maximum Gasteiger partial charge on any atom is 0.277 e. The van der Waals surface area contributed by atoms with E-state index in [-0.39, 0.29) is 18.8 Å². The van der Waals surface area contributed by atoms with E-state index in [0.29, 0.717) is 17.1 Å². The molecule has 1 aromatic carbocycles. The average molecular weight is 309 g/mol. The minimum atomic E-state index is -0.484. The molecule has 7 nitrogen and oxygen atoms in total. The number of methoxy groups -OCH3 is 1. The number of hydrogen-bond donors (Lipinski definition) is 1. The summed E-state index contributed by atoms with van der Waals surface area (Å²) in [7, 11) is 1.47. The van der Waals surface area contributed by atoms with Gasteiger partial charge in [-0.1, -0.05) is 0 Å². The van der Waals surface area contributed by atoms with Crippen LogP contribution in [0.3, 0.4) is 0 Å². The number of nitrogens with two attached hydrogens (primary N) is 1. The van der Waals surface area contributed by atoms with Gasteiger partial charge in [0.05, 0.1) is 18.1 Å². The molecule has 2 aromatic rings. The minimum absolute atomic E-state index is 0.0542. The normalized spacial score (nSPS) is 10.4. The third-order valence-corrected chi connectivity index (χ3v) is 3.74. The first kappa shape index (κ1) is 15.2. The molecule has 0 aliphatic heterocycles. The molecule has 0 aliphatic rings. The Balaban J connectivity index is 2.28. The number of nitrogens with zero attached hydrogens (tertiary/aromatic N) is 2. The molecule has 0 saturated carbocycles. The van der Waals surface area contributed by atoms with Gasteiger partial charge in [0.2, 0.25) is 0 Å². The highest BCUT2D eigenvalue weighted by atomic mass is 32.1. The highest BCUT2D eigenvalue weighted by Gasteiger charge is 2.19. The molecule has 112 valence electrons. The summed E-state index contributed by atoms with van der Waals surface area (Å²) >= 11 is 1.47. The van der Waals surface area contributed by atoms with Crippen LogP contribution >= 0.6 is 11.3 Å². The molecular formula is C13H15N3O4S. The molecule has 0 fully saturated rings. The Bertz CT molecular complexity index is 657. The van der Waals surface area contributed by atoms with Gasteiger partial charge in [-0.25, -0.2) is 4.98 Å². The fourth-order valence-corrected chi connectivity index (χ4v) is 2.49. The molecule has 0 saturated heterocycles. The molecule has 1 heterocycles. The number of thiazole rings is 1. The van der Waals surface area contributed by atoms with Crippen molar-refractivity contribution in [1.82, 2.24) is 4.98 Å². The smallest absolute Gasteiger partial charge is 0.277 e. The van der Waals surface area contributed by atoms with Gasteiger partial charge in [0.15, 0.2) is 11.5 Å². The lowest BCUT2D eigenvalue weighted by Crippen LogP contribution is -2.04. The molecule has 0 aliphatic carbocycles. The number of nitro benzene ring substituents is 1. The molecule has 1 aromatic heterocycles. The van der Waals surface area contributed by atoms with Crippen LogP contribution in [0.2, 0.25) is 0 Å². The predicted molar refractivity (Wildman–Crippen MR) is 78.7 cm³/mol. The van der Waals surface area contributed by atoms with Gasteiger partial charge < -0.3 is 15.2 Å². The SMILES string of the molecule is COc1cc(CN)c([N+](=O)[O-])cc1OCc1nc(C)cs1. The van der Waals surface area contributed by atoms with Gasteiger partial charge in [0, 0.05) is 23.2 Å². The van der Waals surface area contributed by atoms with Gasteiger partial charge >= 0.3 is 0 Å². The molecule has 0 atom stereocenters. The van der Waals surface area contributed by atoms with E-state index in [1.807, 2.05) is 12.3 Å². The molecule has 2 N–H and O–H groups in total. The van der Waals surface area contributed by atoms with E-state index in [9.17, 15) is 10.1 Å². The maximum atomic E-state index is 11.1. The molecule has 8 heteroatoms. The minimum Gasteiger partial charge on any atom is -0.493 e. The van der Waals surface area contributed by atoms with E-state index < -0.39 is 4.92 Å². The van der Waals surface area contributed by atoms with Crippen LogP contribution in [0.5, 0.6) is 11.5 Å². The summed E-state index contributed by atoms with van der Waals surface area (Å²) in [5, 5.41) is 13.8. The van der Waals surface area contributed by atoms with Crippen molar-refractivity contribution in [2.24, 2.45) is 5.73 Å². The summed E-state index contributed by atoms with van der Waals surface area (Å²) in [4.78, 5) is 14.8. The predicted octanol–water partition coefficient (Wildman–Crippen LogP) is 2.41. The molecule has 0 bridgehead atoms. The summed E-state index contributed by atoms with van der Waals surface area (Å²) in [6.45, 7) is 2.17. The number of rotatable bonds is 6. The summed E-state index contributed by atoms with van der Waals surface area (Å²) in [6.07, 6.45) is 0. The van der Waals surface area contributed by atoms with Crippen molar-refractivity contribution < 1.29 is 14.4 Å². The Kier molecular flexibility index (Phi) is 4.71. The van der Waals surface area contributed by atoms with Crippen LogP contribution in [0.4, 0.5) is 5.69 Å². The highest BCUT2D eigenvalue weighted by molar-refractivity contribution is 7.09. The van der Waals surface area contributed by atoms with Gasteiger partial charge in [0.25, 0.3) is 5.69 Å². The molecule has 21 heavy (non-hydrogen) atoms. The van der Waals surface area contributed by atoms with Crippen LogP contribution in [0.25, 0.3) is 0 Å². The Morgan fingerprint density at radius 2 is 2.19 bits per heavy atom. The Morgan fingerprint density at radius 1 is 1.43 bits per heavy atom. The second-order valence-electron chi connectivity index (χ2n) is 4.26. The first-order chi connectivity index (χ1) is 10.0. The first-order valence-corrected chi connectivity index (χ1v) is 7.02. The largest absolute Gasteiger partial charge is 0.493 e. The molecular weight excluding hydrogens is 294 g/mol. The van der Waals surface area contributed by atoms with Crippen LogP contribution in [0.15, 0.2) is 17.5 Å². The highest BCUT2D eigenvalue weighted by Crippen LogP contribution is 2.35. The summed E-state index contributed by atoms with van der Waals surface area (Å²) in [5.41, 5.74) is 6.75. The summed E-state index contributed by atoms with van der Waals surface area (Å²) in [5.74, 6) is 0.712. The van der Waals surface area contributed by atoms with E-state index in [1.165, 1.54) is 30.6 Å². The maximum absolute atomic E-state index is 11.1. The topological polar surface area (TPSA) is 101 Å². The second-order valence-corrected chi connectivity index (χ2v) is 5.21. The van der Waals surface area contributed by atoms with Crippen molar-refractivity contribution in [2.75, 3.05) is 7.11 Å². The number of nitro groups is 1. The van der Waals surface area contributed by atoms with E-state index >= 15 is 0 Å². The van der Waals surface area contributed by atoms with Crippen LogP contribution in [-0.2, 0) is 13.2 Å². The van der Waals surface area contributed by atoms with Gasteiger partial charge in [-0.15, -0.1) is 11.3 Å². The number of hydrogen-bond acceptors (Lipinski definition) is 7. The van der Waals surface area contributed by atoms with E-state index in [0.717, 1.165) is 10.7 Å². The lowest BCUT2D eigenvalue weighted by molar-refractivity contribution is -0.385. The van der Waals surface area contributed by atoms with Crippen molar-refractivity contribution in [3.05, 3.63) is 43.9 Å². The fraction of sp³-hybridized carbons (Fsp3) is 0.308. The van der Waals surface area contributed by atoms with Gasteiger partial charge in [-0.05, 0) is 13.0 Å². The Hall–Kier alpha value is -2.19. The summed E-state index contributed by atoms with van der Waals surface area (Å²) < 4.78 is 10.8. The molecule has 0 radical (unpaired) electrons. The van der Waals surface area contributed by atoms with Crippen LogP contribution in [0, 0.1) is 17.0 Å². The van der Waals surface area contributed by atoms with Crippen LogP contribution < -0.4 is 15.2 Å². The average Bonchev–Trinajstić information content (AvgIpc) is 2.89. The zero-order chi connectivity index (χ0) is 15.4. The monoisotopic (exact) mass is 309 g/mol. The van der Waals surface area contributed by atoms with Gasteiger partial charge in [0.1, 0.15) is 11.6 Å². The van der Waals surface area contributed by atoms with Crippen molar-refractivity contribution in [1.29, 1.82) is 0 Å². The molecule has 2 rings (SSSR count). The number of ether oxygens (including phenoxy) is 2. The Labute approximate surface area is 125 Å². The molecule has 0 unspecified atom stereocenters. The number of aromatic nitrogens is 1. The Morgan fingerprint density at radius 3 is 2.71 bits per heavy atom.